The van der Waals surface area contributed by atoms with E-state index in [0.717, 1.165) is 11.1 Å². The molecule has 0 aliphatic carbocycles. The fourth-order valence-electron chi connectivity index (χ4n) is 1.68. The third kappa shape index (κ3) is 5.57. The van der Waals surface area contributed by atoms with Crippen molar-refractivity contribution in [1.29, 1.82) is 0 Å². The highest BCUT2D eigenvalue weighted by atomic mass is 35.5. The van der Waals surface area contributed by atoms with E-state index in [9.17, 15) is 9.18 Å². The van der Waals surface area contributed by atoms with Gasteiger partial charge in [0.25, 0.3) is 0 Å². The largest absolute Gasteiger partial charge is 0.354 e. The average molecular weight is 289 g/mol. The number of amides is 1. The van der Waals surface area contributed by atoms with E-state index in [2.05, 4.69) is 5.32 Å². The molecule has 0 fully saturated rings. The van der Waals surface area contributed by atoms with Gasteiger partial charge in [-0.05, 0) is 42.5 Å². The number of aryl methyl sites for hydroxylation is 1. The van der Waals surface area contributed by atoms with Gasteiger partial charge in [-0.3, -0.25) is 4.79 Å². The molecule has 5 heteroatoms. The van der Waals surface area contributed by atoms with E-state index in [-0.39, 0.29) is 30.0 Å². The predicted octanol–water partition coefficient (Wildman–Crippen LogP) is 2.20. The molecule has 1 aromatic carbocycles. The molecule has 0 bridgehead atoms. The average Bonchev–Trinajstić information content (AvgIpc) is 2.30. The fourth-order valence-corrected chi connectivity index (χ4v) is 1.68. The Hall–Kier alpha value is -1.13. The highest BCUT2D eigenvalue weighted by Crippen LogP contribution is 2.10. The first-order valence-corrected chi connectivity index (χ1v) is 6.20. The van der Waals surface area contributed by atoms with Crippen molar-refractivity contribution in [3.63, 3.8) is 0 Å². The Bertz CT molecular complexity index is 424. The number of hydrogen-bond donors (Lipinski definition) is 2. The van der Waals surface area contributed by atoms with Gasteiger partial charge in [0.15, 0.2) is 0 Å². The van der Waals surface area contributed by atoms with Crippen molar-refractivity contribution >= 4 is 18.3 Å². The summed E-state index contributed by atoms with van der Waals surface area (Å²) in [5, 5.41) is 2.80. The van der Waals surface area contributed by atoms with Crippen molar-refractivity contribution in [3.05, 3.63) is 35.1 Å². The first kappa shape index (κ1) is 17.9. The van der Waals surface area contributed by atoms with E-state index in [1.807, 2.05) is 20.8 Å². The molecule has 0 saturated heterocycles. The molecular formula is C14H22ClFN2O. The minimum absolute atomic E-state index is 0. The van der Waals surface area contributed by atoms with Crippen LogP contribution in [-0.2, 0) is 11.2 Å². The lowest BCUT2D eigenvalue weighted by Gasteiger charge is -2.15. The number of nitrogens with two attached hydrogens (primary N) is 1. The molecule has 1 atom stereocenters. The number of nitrogens with one attached hydrogen (secondary N) is 1. The third-order valence-electron chi connectivity index (χ3n) is 3.02. The molecule has 1 aromatic rings. The van der Waals surface area contributed by atoms with E-state index in [1.54, 1.807) is 6.07 Å². The Morgan fingerprint density at radius 2 is 2.05 bits per heavy atom. The van der Waals surface area contributed by atoms with Crippen molar-refractivity contribution in [1.82, 2.24) is 5.32 Å². The van der Waals surface area contributed by atoms with Crippen LogP contribution in [0.5, 0.6) is 0 Å². The van der Waals surface area contributed by atoms with Crippen LogP contribution >= 0.6 is 12.4 Å². The molecule has 0 aliphatic heterocycles. The van der Waals surface area contributed by atoms with Crippen molar-refractivity contribution in [2.75, 3.05) is 6.54 Å². The second-order valence-electron chi connectivity index (χ2n) is 4.88. The molecule has 0 aliphatic rings. The van der Waals surface area contributed by atoms with Gasteiger partial charge >= 0.3 is 0 Å². The molecule has 3 nitrogen and oxygen atoms in total. The number of carbonyl (C=O) groups excluding carboxylic acids is 1. The summed E-state index contributed by atoms with van der Waals surface area (Å²) in [6.45, 7) is 6.20. The summed E-state index contributed by atoms with van der Waals surface area (Å²) in [5.41, 5.74) is 7.66. The zero-order valence-corrected chi connectivity index (χ0v) is 12.4. The summed E-state index contributed by atoms with van der Waals surface area (Å²) >= 11 is 0. The summed E-state index contributed by atoms with van der Waals surface area (Å²) in [4.78, 5) is 11.6. The van der Waals surface area contributed by atoms with Crippen LogP contribution in [0.15, 0.2) is 18.2 Å². The van der Waals surface area contributed by atoms with Gasteiger partial charge < -0.3 is 11.1 Å². The van der Waals surface area contributed by atoms with Crippen LogP contribution in [0, 0.1) is 18.7 Å². The lowest BCUT2D eigenvalue weighted by Crippen LogP contribution is -2.44. The van der Waals surface area contributed by atoms with Crippen molar-refractivity contribution in [2.24, 2.45) is 11.7 Å². The third-order valence-corrected chi connectivity index (χ3v) is 3.02. The van der Waals surface area contributed by atoms with Gasteiger partial charge in [0.1, 0.15) is 5.82 Å². The van der Waals surface area contributed by atoms with Crippen LogP contribution < -0.4 is 11.1 Å². The number of benzene rings is 1. The van der Waals surface area contributed by atoms with Gasteiger partial charge in [-0.25, -0.2) is 4.39 Å². The van der Waals surface area contributed by atoms with Crippen molar-refractivity contribution in [2.45, 2.75) is 33.2 Å². The quantitative estimate of drug-likeness (QED) is 0.873. The van der Waals surface area contributed by atoms with Crippen LogP contribution in [-0.4, -0.2) is 18.5 Å². The van der Waals surface area contributed by atoms with Gasteiger partial charge in [0, 0.05) is 6.54 Å². The molecule has 0 spiro atoms. The highest BCUT2D eigenvalue weighted by molar-refractivity contribution is 5.85. The van der Waals surface area contributed by atoms with E-state index in [4.69, 9.17) is 5.73 Å². The molecule has 0 saturated carbocycles. The normalized spacial score (nSPS) is 11.9. The number of hydrogen-bond acceptors (Lipinski definition) is 2. The minimum atomic E-state index is -0.473. The molecule has 0 radical (unpaired) electrons. The summed E-state index contributed by atoms with van der Waals surface area (Å²) in [6, 6.07) is 4.21. The SMILES string of the molecule is Cc1cc(F)ccc1CCNC(=O)C(N)C(C)C.Cl. The highest BCUT2D eigenvalue weighted by Gasteiger charge is 2.16. The Kier molecular flexibility index (Phi) is 7.64. The van der Waals surface area contributed by atoms with E-state index in [1.165, 1.54) is 12.1 Å². The maximum atomic E-state index is 12.9. The zero-order valence-electron chi connectivity index (χ0n) is 11.6. The van der Waals surface area contributed by atoms with Crippen LogP contribution in [0.25, 0.3) is 0 Å². The lowest BCUT2D eigenvalue weighted by atomic mass is 10.0. The molecule has 0 aromatic heterocycles. The molecule has 19 heavy (non-hydrogen) atoms. The Morgan fingerprint density at radius 3 is 2.58 bits per heavy atom. The summed E-state index contributed by atoms with van der Waals surface area (Å²) in [5.74, 6) is -0.246. The Labute approximate surface area is 120 Å². The number of rotatable bonds is 5. The Balaban J connectivity index is 0.00000324. The zero-order chi connectivity index (χ0) is 13.7. The number of halogens is 2. The van der Waals surface area contributed by atoms with Crippen LogP contribution in [0.3, 0.4) is 0 Å². The second kappa shape index (κ2) is 8.12. The first-order valence-electron chi connectivity index (χ1n) is 6.20. The van der Waals surface area contributed by atoms with Crippen molar-refractivity contribution in [3.8, 4) is 0 Å². The summed E-state index contributed by atoms with van der Waals surface area (Å²) < 4.78 is 12.9. The maximum Gasteiger partial charge on any atom is 0.237 e. The van der Waals surface area contributed by atoms with Crippen LogP contribution in [0.2, 0.25) is 0 Å². The molecule has 108 valence electrons. The van der Waals surface area contributed by atoms with E-state index in [0.29, 0.717) is 13.0 Å². The van der Waals surface area contributed by atoms with Crippen molar-refractivity contribution < 1.29 is 9.18 Å². The lowest BCUT2D eigenvalue weighted by molar-refractivity contribution is -0.123. The van der Waals surface area contributed by atoms with E-state index < -0.39 is 6.04 Å². The molecule has 1 amide bonds. The molecule has 0 heterocycles. The van der Waals surface area contributed by atoms with Gasteiger partial charge in [-0.2, -0.15) is 0 Å². The molecule has 1 unspecified atom stereocenters. The predicted molar refractivity (Wildman–Crippen MR) is 77.9 cm³/mol. The second-order valence-corrected chi connectivity index (χ2v) is 4.88. The fraction of sp³-hybridized carbons (Fsp3) is 0.500. The van der Waals surface area contributed by atoms with Gasteiger partial charge in [0.2, 0.25) is 5.91 Å². The van der Waals surface area contributed by atoms with E-state index >= 15 is 0 Å². The minimum Gasteiger partial charge on any atom is -0.354 e. The van der Waals surface area contributed by atoms with Gasteiger partial charge in [-0.1, -0.05) is 19.9 Å². The standard InChI is InChI=1S/C14H21FN2O.ClH/c1-9(2)13(16)14(18)17-7-6-11-4-5-12(15)8-10(11)3;/h4-5,8-9,13H,6-7,16H2,1-3H3,(H,17,18);1H. The van der Waals surface area contributed by atoms with Gasteiger partial charge in [-0.15, -0.1) is 12.4 Å². The maximum absolute atomic E-state index is 12.9. The smallest absolute Gasteiger partial charge is 0.237 e. The topological polar surface area (TPSA) is 55.1 Å². The molecular weight excluding hydrogens is 267 g/mol. The Morgan fingerprint density at radius 1 is 1.42 bits per heavy atom. The molecule has 1 rings (SSSR count). The summed E-state index contributed by atoms with van der Waals surface area (Å²) in [6.07, 6.45) is 0.683. The summed E-state index contributed by atoms with van der Waals surface area (Å²) in [7, 11) is 0. The number of carbonyl (C=O) groups is 1. The van der Waals surface area contributed by atoms with Crippen LogP contribution in [0.1, 0.15) is 25.0 Å². The monoisotopic (exact) mass is 288 g/mol. The first-order chi connectivity index (χ1) is 8.41. The van der Waals surface area contributed by atoms with Gasteiger partial charge in [0.05, 0.1) is 6.04 Å². The molecule has 3 N–H and O–H groups in total. The van der Waals surface area contributed by atoms with Crippen LogP contribution in [0.4, 0.5) is 4.39 Å².